The maximum Gasteiger partial charge on any atom is 0.419 e. The first-order chi connectivity index (χ1) is 20.7. The van der Waals surface area contributed by atoms with Crippen molar-refractivity contribution in [2.45, 2.75) is 52.1 Å². The number of unbranched alkanes of at least 4 members (excludes halogenated alkanes) is 1. The number of likely N-dealkylation sites (tertiary alicyclic amines) is 1. The molecule has 5 rings (SSSR count). The van der Waals surface area contributed by atoms with E-state index in [0.29, 0.717) is 17.7 Å². The highest BCUT2D eigenvalue weighted by atomic mass is 19.4. The topological polar surface area (TPSA) is 39.5 Å². The van der Waals surface area contributed by atoms with Crippen LogP contribution in [0, 0.1) is 11.7 Å². The summed E-state index contributed by atoms with van der Waals surface area (Å²) in [5, 5.41) is 0. The standard InChI is InChI=1S/C34H37F4N3O2/c1-3-5-8-33-39-32(25-9-13-27(14-10-25)42-23-24-7-6-19-40(4-2)21-24)22-41(33)26-11-15-28(16-12-26)43-29-17-18-31(35)30(20-29)34(36,37)38/h9-18,20,22,24H,3-8,19,21,23H2,1-2H3/t24-/m0/s1. The van der Waals surface area contributed by atoms with E-state index in [1.165, 1.54) is 25.5 Å². The molecule has 43 heavy (non-hydrogen) atoms. The number of aryl methyl sites for hydroxylation is 1. The van der Waals surface area contributed by atoms with E-state index in [2.05, 4.69) is 18.7 Å². The molecule has 5 nitrogen and oxygen atoms in total. The third kappa shape index (κ3) is 7.76. The van der Waals surface area contributed by atoms with Crippen LogP contribution < -0.4 is 9.47 Å². The molecule has 0 spiro atoms. The van der Waals surface area contributed by atoms with Gasteiger partial charge in [-0.3, -0.25) is 0 Å². The summed E-state index contributed by atoms with van der Waals surface area (Å²) in [4.78, 5) is 7.41. The molecule has 0 amide bonds. The first-order valence-corrected chi connectivity index (χ1v) is 14.9. The van der Waals surface area contributed by atoms with Gasteiger partial charge in [-0.05, 0) is 99.1 Å². The fourth-order valence-corrected chi connectivity index (χ4v) is 5.40. The van der Waals surface area contributed by atoms with Crippen LogP contribution in [0.25, 0.3) is 16.9 Å². The van der Waals surface area contributed by atoms with Gasteiger partial charge in [-0.1, -0.05) is 20.3 Å². The SMILES string of the molecule is CCCCc1nc(-c2ccc(OC[C@H]3CCCN(CC)C3)cc2)cn1-c1ccc(Oc2ccc(F)c(C(F)(F)F)c2)cc1. The van der Waals surface area contributed by atoms with Gasteiger partial charge in [-0.2, -0.15) is 13.2 Å². The predicted octanol–water partition coefficient (Wildman–Crippen LogP) is 8.94. The first kappa shape index (κ1) is 30.6. The van der Waals surface area contributed by atoms with Crippen molar-refractivity contribution < 1.29 is 27.0 Å². The van der Waals surface area contributed by atoms with Crippen molar-refractivity contribution in [1.29, 1.82) is 0 Å². The summed E-state index contributed by atoms with van der Waals surface area (Å²) in [5.74, 6) is 1.22. The summed E-state index contributed by atoms with van der Waals surface area (Å²) in [6, 6.07) is 17.6. The lowest BCUT2D eigenvalue weighted by atomic mass is 9.99. The van der Waals surface area contributed by atoms with Crippen molar-refractivity contribution in [3.05, 3.63) is 90.1 Å². The monoisotopic (exact) mass is 595 g/mol. The predicted molar refractivity (Wildman–Crippen MR) is 159 cm³/mol. The summed E-state index contributed by atoms with van der Waals surface area (Å²) in [5.41, 5.74) is 1.31. The van der Waals surface area contributed by atoms with Gasteiger partial charge < -0.3 is 18.9 Å². The van der Waals surface area contributed by atoms with E-state index in [9.17, 15) is 17.6 Å². The van der Waals surface area contributed by atoms with Gasteiger partial charge in [0.05, 0.1) is 17.9 Å². The molecule has 0 saturated carbocycles. The van der Waals surface area contributed by atoms with E-state index >= 15 is 0 Å². The maximum absolute atomic E-state index is 13.7. The van der Waals surface area contributed by atoms with Crippen LogP contribution in [0.15, 0.2) is 72.9 Å². The molecule has 1 saturated heterocycles. The number of rotatable bonds is 11. The van der Waals surface area contributed by atoms with Gasteiger partial charge in [0, 0.05) is 36.3 Å². The third-order valence-corrected chi connectivity index (χ3v) is 7.81. The summed E-state index contributed by atoms with van der Waals surface area (Å²) in [7, 11) is 0. The van der Waals surface area contributed by atoms with E-state index in [1.54, 1.807) is 12.1 Å². The van der Waals surface area contributed by atoms with Gasteiger partial charge in [-0.15, -0.1) is 0 Å². The molecule has 0 N–H and O–H groups in total. The molecule has 9 heteroatoms. The highest BCUT2D eigenvalue weighted by Gasteiger charge is 2.34. The summed E-state index contributed by atoms with van der Waals surface area (Å²) in [6.45, 7) is 8.40. The fraction of sp³-hybridized carbons (Fsp3) is 0.382. The molecule has 0 unspecified atom stereocenters. The number of nitrogens with zero attached hydrogens (tertiary/aromatic N) is 3. The smallest absolute Gasteiger partial charge is 0.419 e. The van der Waals surface area contributed by atoms with Crippen LogP contribution >= 0.6 is 0 Å². The van der Waals surface area contributed by atoms with Crippen molar-refractivity contribution in [3.8, 4) is 34.2 Å². The molecular weight excluding hydrogens is 558 g/mol. The highest BCUT2D eigenvalue weighted by Crippen LogP contribution is 2.35. The van der Waals surface area contributed by atoms with Gasteiger partial charge in [-0.25, -0.2) is 9.37 Å². The van der Waals surface area contributed by atoms with Crippen LogP contribution in [0.2, 0.25) is 0 Å². The molecule has 1 aromatic heterocycles. The van der Waals surface area contributed by atoms with Crippen molar-refractivity contribution in [1.82, 2.24) is 14.5 Å². The lowest BCUT2D eigenvalue weighted by Gasteiger charge is -2.31. The van der Waals surface area contributed by atoms with E-state index in [0.717, 1.165) is 73.5 Å². The molecule has 1 fully saturated rings. The lowest BCUT2D eigenvalue weighted by Crippen LogP contribution is -2.37. The second-order valence-electron chi connectivity index (χ2n) is 11.0. The van der Waals surface area contributed by atoms with Crippen molar-refractivity contribution in [2.75, 3.05) is 26.2 Å². The number of imidazole rings is 1. The quantitative estimate of drug-likeness (QED) is 0.162. The Morgan fingerprint density at radius 1 is 0.930 bits per heavy atom. The lowest BCUT2D eigenvalue weighted by molar-refractivity contribution is -0.140. The van der Waals surface area contributed by atoms with E-state index in [4.69, 9.17) is 14.5 Å². The zero-order chi connectivity index (χ0) is 30.4. The number of benzene rings is 3. The zero-order valence-corrected chi connectivity index (χ0v) is 24.5. The number of piperidine rings is 1. The highest BCUT2D eigenvalue weighted by molar-refractivity contribution is 5.61. The van der Waals surface area contributed by atoms with E-state index < -0.39 is 17.6 Å². The number of ether oxygens (including phenoxy) is 2. The summed E-state index contributed by atoms with van der Waals surface area (Å²) >= 11 is 0. The Hall–Kier alpha value is -3.85. The minimum absolute atomic E-state index is 0.0934. The van der Waals surface area contributed by atoms with Crippen molar-refractivity contribution in [3.63, 3.8) is 0 Å². The molecule has 4 aromatic rings. The van der Waals surface area contributed by atoms with Gasteiger partial charge in [0.2, 0.25) is 0 Å². The molecule has 0 radical (unpaired) electrons. The largest absolute Gasteiger partial charge is 0.493 e. The van der Waals surface area contributed by atoms with Crippen LogP contribution in [0.5, 0.6) is 17.2 Å². The normalized spacial score (nSPS) is 15.9. The van der Waals surface area contributed by atoms with Crippen molar-refractivity contribution in [2.24, 2.45) is 5.92 Å². The Balaban J connectivity index is 1.29. The Labute approximate surface area is 250 Å². The number of hydrogen-bond donors (Lipinski definition) is 0. The zero-order valence-electron chi connectivity index (χ0n) is 24.5. The number of alkyl halides is 3. The average Bonchev–Trinajstić information content (AvgIpc) is 3.44. The molecular formula is C34H37F4N3O2. The fourth-order valence-electron chi connectivity index (χ4n) is 5.40. The van der Waals surface area contributed by atoms with E-state index in [-0.39, 0.29) is 5.75 Å². The van der Waals surface area contributed by atoms with Gasteiger partial charge in [0.15, 0.2) is 0 Å². The molecule has 3 aromatic carbocycles. The molecule has 2 heterocycles. The third-order valence-electron chi connectivity index (χ3n) is 7.81. The molecule has 1 aliphatic rings. The van der Waals surface area contributed by atoms with Crippen molar-refractivity contribution >= 4 is 0 Å². The summed E-state index contributed by atoms with van der Waals surface area (Å²) < 4.78 is 66.7. The van der Waals surface area contributed by atoms with E-state index in [1.807, 2.05) is 47.2 Å². The molecule has 0 aliphatic carbocycles. The molecule has 0 bridgehead atoms. The minimum Gasteiger partial charge on any atom is -0.493 e. The Bertz CT molecular complexity index is 1480. The molecule has 1 atom stereocenters. The minimum atomic E-state index is -4.81. The Morgan fingerprint density at radius 2 is 1.65 bits per heavy atom. The van der Waals surface area contributed by atoms with Crippen LogP contribution in [0.3, 0.4) is 0 Å². The Morgan fingerprint density at radius 3 is 2.35 bits per heavy atom. The number of aromatic nitrogens is 2. The summed E-state index contributed by atoms with van der Waals surface area (Å²) in [6.07, 6.45) is 2.40. The number of halogens is 4. The van der Waals surface area contributed by atoms with Crippen LogP contribution in [0.1, 0.15) is 50.9 Å². The second kappa shape index (κ2) is 13.6. The van der Waals surface area contributed by atoms with Gasteiger partial charge >= 0.3 is 6.18 Å². The number of hydrogen-bond acceptors (Lipinski definition) is 4. The average molecular weight is 596 g/mol. The van der Waals surface area contributed by atoms with Gasteiger partial charge in [0.25, 0.3) is 0 Å². The van der Waals surface area contributed by atoms with Crippen LogP contribution in [-0.2, 0) is 12.6 Å². The maximum atomic E-state index is 13.7. The Kier molecular flexibility index (Phi) is 9.70. The van der Waals surface area contributed by atoms with Crippen LogP contribution in [0.4, 0.5) is 17.6 Å². The first-order valence-electron chi connectivity index (χ1n) is 14.9. The van der Waals surface area contributed by atoms with Gasteiger partial charge in [0.1, 0.15) is 28.9 Å². The molecule has 228 valence electrons. The van der Waals surface area contributed by atoms with Crippen LogP contribution in [-0.4, -0.2) is 40.7 Å². The molecule has 1 aliphatic heterocycles. The second-order valence-corrected chi connectivity index (χ2v) is 11.0.